The van der Waals surface area contributed by atoms with Crippen molar-refractivity contribution in [3.05, 3.63) is 70.7 Å². The number of hydrogen-bond donors (Lipinski definition) is 7. The van der Waals surface area contributed by atoms with E-state index in [2.05, 4.69) is 26.6 Å². The molecule has 7 N–H and O–H groups in total. The number of carbonyl (C=O) groups is 13. The summed E-state index contributed by atoms with van der Waals surface area (Å²) in [5.41, 5.74) is 1.05. The number of rotatable bonds is 22. The smallest absolute Gasteiger partial charge is 0.248 e. The molecule has 0 saturated carbocycles. The Morgan fingerprint density at radius 2 is 1.05 bits per heavy atom. The number of amides is 13. The van der Waals surface area contributed by atoms with E-state index in [1.165, 1.54) is 61.8 Å². The third kappa shape index (κ3) is 28.3. The maximum atomic E-state index is 15.6. The summed E-state index contributed by atoms with van der Waals surface area (Å²) in [7, 11) is 2.60. The molecule has 11 atom stereocenters. The zero-order valence-electron chi connectivity index (χ0n) is 66.6. The van der Waals surface area contributed by atoms with Crippen LogP contribution in [-0.4, -0.2) is 259 Å². The molecule has 2 fully saturated rings. The average Bonchev–Trinajstić information content (AvgIpc) is 0.812. The second kappa shape index (κ2) is 43.2. The minimum atomic E-state index is -4.15. The summed E-state index contributed by atoms with van der Waals surface area (Å²) < 4.78 is 26.5. The third-order valence-corrected chi connectivity index (χ3v) is 20.4. The van der Waals surface area contributed by atoms with Crippen molar-refractivity contribution in [2.24, 2.45) is 29.6 Å². The number of hydrogen-bond acceptors (Lipinski definition) is 16. The van der Waals surface area contributed by atoms with E-state index >= 15 is 43.2 Å². The molecule has 0 aliphatic carbocycles. The number of nitrogens with zero attached hydrogens (tertiary/aromatic N) is 7. The molecule has 2 aliphatic heterocycles. The number of sulfonamides is 1. The van der Waals surface area contributed by atoms with Gasteiger partial charge in [0, 0.05) is 79.2 Å². The fourth-order valence-electron chi connectivity index (χ4n) is 13.6. The van der Waals surface area contributed by atoms with E-state index in [0.29, 0.717) is 49.9 Å². The molecule has 31 heteroatoms. The van der Waals surface area contributed by atoms with Crippen LogP contribution in [0.25, 0.3) is 0 Å². The number of nitrogens with one attached hydrogen (secondary N) is 6. The topological polar surface area (TPSA) is 371 Å². The van der Waals surface area contributed by atoms with Crippen LogP contribution in [0.5, 0.6) is 0 Å². The molecule has 0 spiro atoms. The maximum Gasteiger partial charge on any atom is 0.248 e. The highest BCUT2D eigenvalue weighted by Gasteiger charge is 2.44. The first-order valence-corrected chi connectivity index (χ1v) is 40.1. The molecule has 4 rings (SSSR count). The van der Waals surface area contributed by atoms with Gasteiger partial charge in [-0.25, -0.2) is 8.42 Å². The molecule has 29 nitrogen and oxygen atoms in total. The summed E-state index contributed by atoms with van der Waals surface area (Å²) in [5, 5.41) is 25.6. The number of carbonyl (C=O) groups excluding carboxylic acids is 13. The first kappa shape index (κ1) is 92.1. The zero-order valence-corrected chi connectivity index (χ0v) is 68.2. The molecule has 0 radical (unpaired) electrons. The van der Waals surface area contributed by atoms with Crippen molar-refractivity contribution in [1.82, 2.24) is 65.6 Å². The predicted octanol–water partition coefficient (Wildman–Crippen LogP) is 3.81. The average molecular weight is 1550 g/mol. The number of benzene rings is 2. The van der Waals surface area contributed by atoms with Crippen LogP contribution < -0.4 is 31.3 Å². The number of aliphatic hydroxyl groups is 1. The van der Waals surface area contributed by atoms with Crippen LogP contribution in [0, 0.1) is 29.6 Å². The Balaban J connectivity index is 2.06. The highest BCUT2D eigenvalue weighted by molar-refractivity contribution is 7.89. The van der Waals surface area contributed by atoms with Crippen LogP contribution in [0.4, 0.5) is 0 Å². The van der Waals surface area contributed by atoms with Gasteiger partial charge in [-0.2, -0.15) is 0 Å². The van der Waals surface area contributed by atoms with Gasteiger partial charge >= 0.3 is 0 Å². The van der Waals surface area contributed by atoms with Crippen molar-refractivity contribution in [1.29, 1.82) is 0 Å². The quantitative estimate of drug-likeness (QED) is 0.0881. The van der Waals surface area contributed by atoms with E-state index in [1.54, 1.807) is 96.1 Å². The van der Waals surface area contributed by atoms with Crippen LogP contribution in [0.2, 0.25) is 5.02 Å². The van der Waals surface area contributed by atoms with Crippen molar-refractivity contribution in [2.75, 3.05) is 67.7 Å². The molecule has 0 unspecified atom stereocenters. The first-order valence-electron chi connectivity index (χ1n) is 37.9. The summed E-state index contributed by atoms with van der Waals surface area (Å²) in [6.45, 7) is 20.7. The van der Waals surface area contributed by atoms with E-state index in [4.69, 9.17) is 11.6 Å². The highest BCUT2D eigenvalue weighted by atomic mass is 35.5. The van der Waals surface area contributed by atoms with Crippen LogP contribution >= 0.6 is 11.6 Å². The normalized spacial score (nSPS) is 24.1. The lowest BCUT2D eigenvalue weighted by Crippen LogP contribution is -2.62. The molecule has 2 aromatic rings. The summed E-state index contributed by atoms with van der Waals surface area (Å²) in [6, 6.07) is 0.355. The van der Waals surface area contributed by atoms with Crippen LogP contribution in [0.3, 0.4) is 0 Å². The van der Waals surface area contributed by atoms with E-state index in [0.717, 1.165) is 27.4 Å². The lowest BCUT2D eigenvalue weighted by atomic mass is 9.96. The minimum Gasteiger partial charge on any atom is -0.391 e. The summed E-state index contributed by atoms with van der Waals surface area (Å²) in [5.74, 6) is -12.7. The summed E-state index contributed by atoms with van der Waals surface area (Å²) in [4.78, 5) is 204. The molecule has 0 aromatic heterocycles. The van der Waals surface area contributed by atoms with Gasteiger partial charge in [-0.3, -0.25) is 67.1 Å². The Morgan fingerprint density at radius 3 is 1.57 bits per heavy atom. The number of likely N-dealkylation sites (N-methyl/N-ethyl adjacent to an activating group) is 5. The monoisotopic (exact) mass is 1550 g/mol. The molecular formula is C77H122ClN13O16S. The Hall–Kier alpha value is -8.25. The van der Waals surface area contributed by atoms with Gasteiger partial charge in [0.2, 0.25) is 86.8 Å². The van der Waals surface area contributed by atoms with Gasteiger partial charge in [0.15, 0.2) is 0 Å². The predicted molar refractivity (Wildman–Crippen MR) is 411 cm³/mol. The van der Waals surface area contributed by atoms with Crippen molar-refractivity contribution in [2.45, 2.75) is 239 Å². The fourth-order valence-corrected chi connectivity index (χ4v) is 14.4. The fraction of sp³-hybridized carbons (Fsp3) is 0.675. The van der Waals surface area contributed by atoms with Crippen LogP contribution in [0.1, 0.15) is 171 Å². The van der Waals surface area contributed by atoms with E-state index in [9.17, 15) is 32.7 Å². The van der Waals surface area contributed by atoms with Crippen LogP contribution in [-0.2, 0) is 85.2 Å². The van der Waals surface area contributed by atoms with Crippen molar-refractivity contribution < 1.29 is 75.9 Å². The Bertz CT molecular complexity index is 3540. The first-order chi connectivity index (χ1) is 50.5. The lowest BCUT2D eigenvalue weighted by Gasteiger charge is -2.38. The summed E-state index contributed by atoms with van der Waals surface area (Å²) in [6.07, 6.45) is -0.356. The number of piperidine rings is 1. The molecule has 2 heterocycles. The van der Waals surface area contributed by atoms with Gasteiger partial charge in [-0.1, -0.05) is 137 Å². The largest absolute Gasteiger partial charge is 0.391 e. The van der Waals surface area contributed by atoms with Crippen molar-refractivity contribution in [3.63, 3.8) is 0 Å². The van der Waals surface area contributed by atoms with Gasteiger partial charge in [0.05, 0.1) is 25.3 Å². The van der Waals surface area contributed by atoms with Gasteiger partial charge in [0.1, 0.15) is 60.4 Å². The number of likely N-dealkylation sites (tertiary alicyclic amines) is 1. The van der Waals surface area contributed by atoms with E-state index in [1.807, 2.05) is 39.3 Å². The summed E-state index contributed by atoms with van der Waals surface area (Å²) >= 11 is 6.50. The number of unbranched alkanes of at least 4 members (excludes halogenated alkanes) is 1. The molecule has 604 valence electrons. The van der Waals surface area contributed by atoms with Gasteiger partial charge in [0.25, 0.3) is 0 Å². The molecular weight excluding hydrogens is 1430 g/mol. The standard InChI is InChI=1S/C77H122ClN13O16S/c1-19-20-34-91-45-65(95)85(13)59(39-48(6)7)68(96)81-57(38-47(4)5)74(102)88(16)62(42-52-28-23-21-24-29-52)76(104)89(17)67(50(10)11)71(99)82-58(75(103)90-35-25-22-26-36-90)44-64(94)79-56(37-46(2)3)73(101)87(15)61(43-53-30-27-31-54(78)41-53)69(97)80-55(32-33-63(93)84-108(18,106)107)72(100)86(14)60(40-49(8)9)70(98)83-66(51(12)92)77(91)105/h21,23-24,27-31,41,46-51,55-62,66-67,92H,19-20,22,25-26,32-40,42-45H2,1-18H3,(H,79,94)(H,80,97)(H,81,96)(H,82,99)(H,83,98)(H,84,93)/t51-,55+,56-,57+,58+,59+,60+,61+,62+,66+,67+/m1/s1. The Morgan fingerprint density at radius 1 is 0.556 bits per heavy atom. The van der Waals surface area contributed by atoms with Crippen molar-refractivity contribution >= 4 is 98.4 Å². The molecule has 13 amide bonds. The Kier molecular flexibility index (Phi) is 36.9. The maximum absolute atomic E-state index is 15.6. The lowest BCUT2D eigenvalue weighted by molar-refractivity contribution is -0.151. The second-order valence-electron chi connectivity index (χ2n) is 31.2. The van der Waals surface area contributed by atoms with Gasteiger partial charge in [-0.05, 0) is 118 Å². The van der Waals surface area contributed by atoms with Gasteiger partial charge < -0.3 is 66.0 Å². The van der Waals surface area contributed by atoms with E-state index < -0.39 is 185 Å². The molecule has 2 saturated heterocycles. The van der Waals surface area contributed by atoms with Crippen LogP contribution in [0.15, 0.2) is 54.6 Å². The SMILES string of the molecule is CCCCN1CC(=O)N(C)[C@@H](CC(C)C)C(=O)N[C@@H](CC(C)C)C(=O)N(C)[C@@H](Cc2ccccc2)C(=O)N(C)[C@@H](C(C)C)C(=O)N[C@H](C(=O)N2CCCCC2)CC(=O)N[C@H](CC(C)C)C(=O)N(C)[C@@H](Cc2cccc(Cl)c2)C(=O)N[C@@H](CCC(=O)NS(C)(=O)=O)C(=O)N(C)[C@@H](CC(C)C)C(=O)N[C@@H]([C@@H](C)O)C1=O. The molecule has 2 aromatic carbocycles. The highest BCUT2D eigenvalue weighted by Crippen LogP contribution is 2.24. The zero-order chi connectivity index (χ0) is 81.4. The second-order valence-corrected chi connectivity index (χ2v) is 33.4. The molecule has 108 heavy (non-hydrogen) atoms. The third-order valence-electron chi connectivity index (χ3n) is 19.5. The molecule has 0 bridgehead atoms. The minimum absolute atomic E-state index is 0.0431. The molecule has 2 aliphatic rings. The van der Waals surface area contributed by atoms with E-state index in [-0.39, 0.29) is 73.8 Å². The van der Waals surface area contributed by atoms with Crippen molar-refractivity contribution in [3.8, 4) is 0 Å². The van der Waals surface area contributed by atoms with Gasteiger partial charge in [-0.15, -0.1) is 0 Å². The number of halogens is 1. The number of aliphatic hydroxyl groups excluding tert-OH is 1. The Labute approximate surface area is 644 Å².